The van der Waals surface area contributed by atoms with Gasteiger partial charge in [-0.3, -0.25) is 14.2 Å². The highest BCUT2D eigenvalue weighted by atomic mass is 16.4. The molecule has 7 nitrogen and oxygen atoms in total. The first-order valence-corrected chi connectivity index (χ1v) is 8.75. The minimum absolute atomic E-state index is 0.00833. The molecule has 0 spiro atoms. The zero-order valence-electron chi connectivity index (χ0n) is 14.8. The number of nitrogens with one attached hydrogen (secondary N) is 1. The highest BCUT2D eigenvalue weighted by molar-refractivity contribution is 5.80. The standard InChI is InChI=1S/C20H21N3O4/c24-18(14-23-17-10-5-4-9-16(17)21-20(23)27)22(12-6-11-19(25)26)13-15-7-2-1-3-8-15/h1-5,7-10H,6,11-14H2,(H,21,27)(H,25,26). The van der Waals surface area contributed by atoms with Crippen molar-refractivity contribution < 1.29 is 14.7 Å². The van der Waals surface area contributed by atoms with Crippen LogP contribution in [0.1, 0.15) is 18.4 Å². The molecule has 0 aliphatic heterocycles. The van der Waals surface area contributed by atoms with Crippen molar-refractivity contribution in [3.8, 4) is 0 Å². The van der Waals surface area contributed by atoms with Gasteiger partial charge in [0.05, 0.1) is 11.0 Å². The van der Waals surface area contributed by atoms with E-state index in [0.717, 1.165) is 5.56 Å². The Morgan fingerprint density at radius 1 is 1.04 bits per heavy atom. The van der Waals surface area contributed by atoms with Crippen molar-refractivity contribution in [3.05, 3.63) is 70.6 Å². The first kappa shape index (κ1) is 18.4. The average Bonchev–Trinajstić information content (AvgIpc) is 2.97. The number of para-hydroxylation sites is 2. The lowest BCUT2D eigenvalue weighted by Gasteiger charge is -2.23. The predicted octanol–water partition coefficient (Wildman–Crippen LogP) is 2.22. The second-order valence-corrected chi connectivity index (χ2v) is 6.33. The van der Waals surface area contributed by atoms with Gasteiger partial charge in [-0.15, -0.1) is 0 Å². The molecule has 0 aliphatic carbocycles. The Morgan fingerprint density at radius 2 is 1.74 bits per heavy atom. The van der Waals surface area contributed by atoms with Crippen molar-refractivity contribution >= 4 is 22.9 Å². The topological polar surface area (TPSA) is 95.4 Å². The summed E-state index contributed by atoms with van der Waals surface area (Å²) in [5.74, 6) is -1.12. The fourth-order valence-corrected chi connectivity index (χ4v) is 3.02. The van der Waals surface area contributed by atoms with Crippen molar-refractivity contribution in [1.29, 1.82) is 0 Å². The number of aromatic amines is 1. The molecule has 0 fully saturated rings. The van der Waals surface area contributed by atoms with Crippen LogP contribution in [0.3, 0.4) is 0 Å². The van der Waals surface area contributed by atoms with Crippen LogP contribution in [0.5, 0.6) is 0 Å². The van der Waals surface area contributed by atoms with Gasteiger partial charge >= 0.3 is 11.7 Å². The number of rotatable bonds is 8. The minimum Gasteiger partial charge on any atom is -0.481 e. The van der Waals surface area contributed by atoms with Crippen LogP contribution in [0.2, 0.25) is 0 Å². The van der Waals surface area contributed by atoms with Crippen LogP contribution in [0.25, 0.3) is 11.0 Å². The summed E-state index contributed by atoms with van der Waals surface area (Å²) < 4.78 is 1.41. The molecule has 0 bridgehead atoms. The Hall–Kier alpha value is -3.35. The Morgan fingerprint density at radius 3 is 2.48 bits per heavy atom. The fraction of sp³-hybridized carbons (Fsp3) is 0.250. The average molecular weight is 367 g/mol. The van der Waals surface area contributed by atoms with Gasteiger partial charge in [0, 0.05) is 19.5 Å². The SMILES string of the molecule is O=C(O)CCCN(Cc1ccccc1)C(=O)Cn1c(=O)[nH]c2ccccc21. The summed E-state index contributed by atoms with van der Waals surface area (Å²) in [5, 5.41) is 8.86. The third-order valence-corrected chi connectivity index (χ3v) is 4.36. The molecule has 7 heteroatoms. The molecule has 3 rings (SSSR count). The van der Waals surface area contributed by atoms with E-state index in [4.69, 9.17) is 5.11 Å². The molecule has 140 valence electrons. The molecule has 0 radical (unpaired) electrons. The van der Waals surface area contributed by atoms with Crippen LogP contribution in [-0.4, -0.2) is 38.0 Å². The number of aliphatic carboxylic acids is 1. The number of imidazole rings is 1. The lowest BCUT2D eigenvalue weighted by Crippen LogP contribution is -2.36. The normalized spacial score (nSPS) is 10.8. The van der Waals surface area contributed by atoms with Crippen molar-refractivity contribution in [2.75, 3.05) is 6.54 Å². The number of H-pyrrole nitrogens is 1. The van der Waals surface area contributed by atoms with Gasteiger partial charge < -0.3 is 15.0 Å². The maximum Gasteiger partial charge on any atom is 0.326 e. The van der Waals surface area contributed by atoms with E-state index in [1.165, 1.54) is 4.57 Å². The number of benzene rings is 2. The summed E-state index contributed by atoms with van der Waals surface area (Å²) >= 11 is 0. The summed E-state index contributed by atoms with van der Waals surface area (Å²) in [6.07, 6.45) is 0.349. The third-order valence-electron chi connectivity index (χ3n) is 4.36. The van der Waals surface area contributed by atoms with Crippen LogP contribution < -0.4 is 5.69 Å². The summed E-state index contributed by atoms with van der Waals surface area (Å²) in [4.78, 5) is 40.3. The minimum atomic E-state index is -0.894. The number of carboxylic acid groups (broad SMARTS) is 1. The second-order valence-electron chi connectivity index (χ2n) is 6.33. The van der Waals surface area contributed by atoms with Crippen LogP contribution >= 0.6 is 0 Å². The van der Waals surface area contributed by atoms with Gasteiger partial charge in [0.2, 0.25) is 5.91 Å². The van der Waals surface area contributed by atoms with E-state index in [9.17, 15) is 14.4 Å². The van der Waals surface area contributed by atoms with Gasteiger partial charge in [-0.25, -0.2) is 4.79 Å². The van der Waals surface area contributed by atoms with Gasteiger partial charge in [0.15, 0.2) is 0 Å². The number of amides is 1. The molecule has 1 heterocycles. The van der Waals surface area contributed by atoms with Crippen molar-refractivity contribution in [1.82, 2.24) is 14.5 Å². The fourth-order valence-electron chi connectivity index (χ4n) is 3.02. The van der Waals surface area contributed by atoms with E-state index in [1.54, 1.807) is 17.0 Å². The zero-order valence-corrected chi connectivity index (χ0v) is 14.8. The van der Waals surface area contributed by atoms with Crippen molar-refractivity contribution in [2.24, 2.45) is 0 Å². The quantitative estimate of drug-likeness (QED) is 0.638. The molecule has 1 aromatic heterocycles. The molecule has 0 saturated carbocycles. The number of carboxylic acids is 1. The second kappa shape index (κ2) is 8.35. The maximum atomic E-state index is 12.9. The maximum absolute atomic E-state index is 12.9. The number of aromatic nitrogens is 2. The Kier molecular flexibility index (Phi) is 5.71. The first-order chi connectivity index (χ1) is 13.0. The van der Waals surface area contributed by atoms with Gasteiger partial charge in [-0.2, -0.15) is 0 Å². The molecule has 0 atom stereocenters. The Bertz CT molecular complexity index is 991. The van der Waals surface area contributed by atoms with Gasteiger partial charge in [-0.05, 0) is 24.1 Å². The summed E-state index contributed by atoms with van der Waals surface area (Å²) in [7, 11) is 0. The van der Waals surface area contributed by atoms with Crippen LogP contribution in [0.15, 0.2) is 59.4 Å². The molecule has 1 amide bonds. The molecule has 3 aromatic rings. The molecular formula is C20H21N3O4. The van der Waals surface area contributed by atoms with Gasteiger partial charge in [0.1, 0.15) is 6.54 Å². The van der Waals surface area contributed by atoms with Crippen LogP contribution in [-0.2, 0) is 22.7 Å². The van der Waals surface area contributed by atoms with Crippen LogP contribution in [0.4, 0.5) is 0 Å². The Balaban J connectivity index is 1.79. The molecule has 0 saturated heterocycles. The van der Waals surface area contributed by atoms with E-state index < -0.39 is 5.97 Å². The van der Waals surface area contributed by atoms with E-state index in [2.05, 4.69) is 4.98 Å². The third kappa shape index (κ3) is 4.63. The monoisotopic (exact) mass is 367 g/mol. The largest absolute Gasteiger partial charge is 0.481 e. The van der Waals surface area contributed by atoms with Gasteiger partial charge in [-0.1, -0.05) is 42.5 Å². The van der Waals surface area contributed by atoms with Crippen LogP contribution in [0, 0.1) is 0 Å². The first-order valence-electron chi connectivity index (χ1n) is 8.75. The van der Waals surface area contributed by atoms with E-state index in [0.29, 0.717) is 30.5 Å². The van der Waals surface area contributed by atoms with Crippen molar-refractivity contribution in [3.63, 3.8) is 0 Å². The van der Waals surface area contributed by atoms with Gasteiger partial charge in [0.25, 0.3) is 0 Å². The lowest BCUT2D eigenvalue weighted by atomic mass is 10.2. The number of carbonyl (C=O) groups is 2. The number of nitrogens with zero attached hydrogens (tertiary/aromatic N) is 2. The number of hydrogen-bond acceptors (Lipinski definition) is 3. The number of carbonyl (C=O) groups excluding carboxylic acids is 1. The molecule has 2 N–H and O–H groups in total. The molecule has 0 unspecified atom stereocenters. The molecule has 0 aliphatic rings. The number of fused-ring (bicyclic) bond motifs is 1. The van der Waals surface area contributed by atoms with Crippen molar-refractivity contribution in [2.45, 2.75) is 25.9 Å². The summed E-state index contributed by atoms with van der Waals surface area (Å²) in [6, 6.07) is 16.7. The smallest absolute Gasteiger partial charge is 0.326 e. The number of hydrogen-bond donors (Lipinski definition) is 2. The summed E-state index contributed by atoms with van der Waals surface area (Å²) in [6.45, 7) is 0.594. The highest BCUT2D eigenvalue weighted by Crippen LogP contribution is 2.11. The summed E-state index contributed by atoms with van der Waals surface area (Å²) in [5.41, 5.74) is 1.96. The predicted molar refractivity (Wildman–Crippen MR) is 101 cm³/mol. The Labute approximate surface area is 155 Å². The zero-order chi connectivity index (χ0) is 19.2. The van der Waals surface area contributed by atoms with E-state index in [-0.39, 0.29) is 24.6 Å². The molecule has 2 aromatic carbocycles. The highest BCUT2D eigenvalue weighted by Gasteiger charge is 2.17. The lowest BCUT2D eigenvalue weighted by molar-refractivity contribution is -0.138. The van der Waals surface area contributed by atoms with E-state index in [1.807, 2.05) is 42.5 Å². The molecule has 27 heavy (non-hydrogen) atoms. The van der Waals surface area contributed by atoms with E-state index >= 15 is 0 Å². The molecular weight excluding hydrogens is 346 g/mol.